The minimum absolute atomic E-state index is 0.355. The highest BCUT2D eigenvalue weighted by molar-refractivity contribution is 7.99. The van der Waals surface area contributed by atoms with Gasteiger partial charge in [0.05, 0.1) is 0 Å². The normalized spacial score (nSPS) is 19.6. The predicted octanol–water partition coefficient (Wildman–Crippen LogP) is 5.62. The average Bonchev–Trinajstić information content (AvgIpc) is 3.34. The number of carbonyl (C=O) groups is 1. The summed E-state index contributed by atoms with van der Waals surface area (Å²) in [5, 5.41) is 0. The molecule has 0 bridgehead atoms. The summed E-state index contributed by atoms with van der Waals surface area (Å²) in [6.45, 7) is 3.91. The van der Waals surface area contributed by atoms with Crippen LogP contribution in [0.2, 0.25) is 0 Å². The van der Waals surface area contributed by atoms with Crippen LogP contribution in [0.25, 0.3) is 11.1 Å². The van der Waals surface area contributed by atoms with Gasteiger partial charge in [-0.3, -0.25) is 4.79 Å². The largest absolute Gasteiger partial charge is 0.300 e. The average molecular weight is 324 g/mol. The highest BCUT2D eigenvalue weighted by atomic mass is 32.2. The smallest absolute Gasteiger partial charge is 0.133 e. The molecule has 0 heterocycles. The lowest BCUT2D eigenvalue weighted by Gasteiger charge is -2.06. The maximum absolute atomic E-state index is 11.3. The lowest BCUT2D eigenvalue weighted by Crippen LogP contribution is -1.96. The van der Waals surface area contributed by atoms with Crippen LogP contribution < -0.4 is 0 Å². The third kappa shape index (κ3) is 4.26. The van der Waals surface area contributed by atoms with Crippen LogP contribution in [0.15, 0.2) is 53.4 Å². The summed E-state index contributed by atoms with van der Waals surface area (Å²) in [7, 11) is 0. The first-order chi connectivity index (χ1) is 11.2. The Hall–Kier alpha value is -1.54. The van der Waals surface area contributed by atoms with Crippen molar-refractivity contribution in [3.05, 3.63) is 54.1 Å². The topological polar surface area (TPSA) is 17.1 Å². The van der Waals surface area contributed by atoms with Crippen LogP contribution >= 0.6 is 11.8 Å². The van der Waals surface area contributed by atoms with Gasteiger partial charge in [0.15, 0.2) is 0 Å². The molecule has 2 aromatic carbocycles. The van der Waals surface area contributed by atoms with E-state index in [1.807, 2.05) is 11.8 Å². The van der Waals surface area contributed by atoms with Crippen molar-refractivity contribution in [3.63, 3.8) is 0 Å². The molecule has 2 heteroatoms. The molecule has 0 radical (unpaired) electrons. The second-order valence-electron chi connectivity index (χ2n) is 6.41. The van der Waals surface area contributed by atoms with Crippen LogP contribution in [0.4, 0.5) is 0 Å². The molecule has 3 rings (SSSR count). The van der Waals surface area contributed by atoms with E-state index < -0.39 is 0 Å². The molecule has 0 N–H and O–H groups in total. The van der Waals surface area contributed by atoms with Crippen LogP contribution in [0.1, 0.15) is 32.3 Å². The Balaban J connectivity index is 1.61. The molecule has 2 atom stereocenters. The van der Waals surface area contributed by atoms with Gasteiger partial charge in [-0.25, -0.2) is 0 Å². The van der Waals surface area contributed by atoms with Crippen LogP contribution in [-0.4, -0.2) is 11.5 Å². The van der Waals surface area contributed by atoms with Crippen molar-refractivity contribution in [2.45, 2.75) is 38.0 Å². The van der Waals surface area contributed by atoms with E-state index in [1.54, 1.807) is 6.92 Å². The number of Topliss-reactive ketones (excluding diaryl/α,β-unsaturated/α-hetero) is 1. The number of hydrogen-bond donors (Lipinski definition) is 0. The van der Waals surface area contributed by atoms with E-state index in [1.165, 1.54) is 21.6 Å². The van der Waals surface area contributed by atoms with E-state index in [0.29, 0.717) is 17.6 Å². The van der Waals surface area contributed by atoms with Gasteiger partial charge in [0, 0.05) is 10.8 Å². The Morgan fingerprint density at radius 3 is 2.57 bits per heavy atom. The van der Waals surface area contributed by atoms with Gasteiger partial charge < -0.3 is 0 Å². The Labute approximate surface area is 143 Å². The zero-order valence-corrected chi connectivity index (χ0v) is 14.7. The molecule has 2 aromatic rings. The Morgan fingerprint density at radius 1 is 1.13 bits per heavy atom. The van der Waals surface area contributed by atoms with Gasteiger partial charge in [-0.1, -0.05) is 43.3 Å². The first kappa shape index (κ1) is 16.3. The maximum Gasteiger partial charge on any atom is 0.133 e. The molecule has 0 aliphatic heterocycles. The second-order valence-corrected chi connectivity index (χ2v) is 7.75. The molecule has 0 amide bonds. The molecule has 23 heavy (non-hydrogen) atoms. The van der Waals surface area contributed by atoms with E-state index in [4.69, 9.17) is 0 Å². The minimum atomic E-state index is 0.355. The van der Waals surface area contributed by atoms with E-state index in [2.05, 4.69) is 55.5 Å². The summed E-state index contributed by atoms with van der Waals surface area (Å²) in [6.07, 6.45) is 3.34. The fourth-order valence-corrected chi connectivity index (χ4v) is 3.93. The van der Waals surface area contributed by atoms with Crippen molar-refractivity contribution in [2.75, 3.05) is 5.75 Å². The quantitative estimate of drug-likeness (QED) is 0.615. The molecule has 1 saturated carbocycles. The highest BCUT2D eigenvalue weighted by Gasteiger charge is 2.39. The fraction of sp³-hybridized carbons (Fsp3) is 0.381. The highest BCUT2D eigenvalue weighted by Crippen LogP contribution is 2.42. The number of hydrogen-bond acceptors (Lipinski definition) is 2. The van der Waals surface area contributed by atoms with Crippen molar-refractivity contribution in [1.82, 2.24) is 0 Å². The van der Waals surface area contributed by atoms with Crippen LogP contribution in [0.5, 0.6) is 0 Å². The number of thioether (sulfide) groups is 1. The van der Waals surface area contributed by atoms with Gasteiger partial charge in [0.25, 0.3) is 0 Å². The molecule has 120 valence electrons. The Kier molecular flexibility index (Phi) is 5.22. The molecule has 2 unspecified atom stereocenters. The molecular weight excluding hydrogens is 300 g/mol. The first-order valence-corrected chi connectivity index (χ1v) is 9.48. The molecular formula is C21H24OS. The molecule has 0 aromatic heterocycles. The number of benzene rings is 2. The lowest BCUT2D eigenvalue weighted by molar-refractivity contribution is -0.118. The van der Waals surface area contributed by atoms with E-state index in [9.17, 15) is 4.79 Å². The summed E-state index contributed by atoms with van der Waals surface area (Å²) in [6, 6.07) is 17.7. The number of aryl methyl sites for hydroxylation is 1. The van der Waals surface area contributed by atoms with E-state index in [0.717, 1.165) is 25.0 Å². The van der Waals surface area contributed by atoms with Gasteiger partial charge in [-0.05, 0) is 66.7 Å². The number of ketones is 1. The molecule has 1 aliphatic rings. The lowest BCUT2D eigenvalue weighted by atomic mass is 10.0. The zero-order valence-electron chi connectivity index (χ0n) is 13.9. The molecule has 0 spiro atoms. The standard InChI is InChI=1S/C21H24OS/c1-3-23-20-6-4-5-18(13-20)17-10-7-16(8-11-17)9-12-19-14-21(19)15(2)22/h4-8,10-11,13,19,21H,3,9,12,14H2,1-2H3. The van der Waals surface area contributed by atoms with Crippen molar-refractivity contribution < 1.29 is 4.79 Å². The minimum Gasteiger partial charge on any atom is -0.300 e. The molecule has 1 aliphatic carbocycles. The SMILES string of the molecule is CCSc1cccc(-c2ccc(CCC3CC3C(C)=O)cc2)c1. The first-order valence-electron chi connectivity index (χ1n) is 8.50. The number of rotatable bonds is 7. The van der Waals surface area contributed by atoms with E-state index >= 15 is 0 Å². The van der Waals surface area contributed by atoms with Crippen molar-refractivity contribution >= 4 is 17.5 Å². The third-order valence-corrected chi connectivity index (χ3v) is 5.56. The summed E-state index contributed by atoms with van der Waals surface area (Å²) < 4.78 is 0. The van der Waals surface area contributed by atoms with Crippen molar-refractivity contribution in [3.8, 4) is 11.1 Å². The Morgan fingerprint density at radius 2 is 1.91 bits per heavy atom. The Bertz CT molecular complexity index is 674. The summed E-state index contributed by atoms with van der Waals surface area (Å²) in [5.41, 5.74) is 3.94. The van der Waals surface area contributed by atoms with Gasteiger partial charge >= 0.3 is 0 Å². The molecule has 0 saturated heterocycles. The monoisotopic (exact) mass is 324 g/mol. The fourth-order valence-electron chi connectivity index (χ4n) is 3.21. The van der Waals surface area contributed by atoms with Crippen molar-refractivity contribution in [2.24, 2.45) is 11.8 Å². The maximum atomic E-state index is 11.3. The predicted molar refractivity (Wildman–Crippen MR) is 98.9 cm³/mol. The van der Waals surface area contributed by atoms with Gasteiger partial charge in [0.1, 0.15) is 5.78 Å². The summed E-state index contributed by atoms with van der Waals surface area (Å²) in [4.78, 5) is 12.6. The van der Waals surface area contributed by atoms with Crippen LogP contribution in [-0.2, 0) is 11.2 Å². The molecule has 1 nitrogen and oxygen atoms in total. The zero-order chi connectivity index (χ0) is 16.2. The summed E-state index contributed by atoms with van der Waals surface area (Å²) >= 11 is 1.88. The van der Waals surface area contributed by atoms with Gasteiger partial charge in [-0.15, -0.1) is 11.8 Å². The summed E-state index contributed by atoms with van der Waals surface area (Å²) in [5.74, 6) is 2.46. The van der Waals surface area contributed by atoms with Crippen LogP contribution in [0, 0.1) is 11.8 Å². The third-order valence-electron chi connectivity index (χ3n) is 4.68. The van der Waals surface area contributed by atoms with Crippen molar-refractivity contribution in [1.29, 1.82) is 0 Å². The number of carbonyl (C=O) groups excluding carboxylic acids is 1. The second kappa shape index (κ2) is 7.35. The molecule has 1 fully saturated rings. The van der Waals surface area contributed by atoms with Crippen LogP contribution in [0.3, 0.4) is 0 Å². The van der Waals surface area contributed by atoms with Gasteiger partial charge in [-0.2, -0.15) is 0 Å². The van der Waals surface area contributed by atoms with Gasteiger partial charge in [0.2, 0.25) is 0 Å². The van der Waals surface area contributed by atoms with E-state index in [-0.39, 0.29) is 0 Å².